The summed E-state index contributed by atoms with van der Waals surface area (Å²) < 4.78 is 5.63. The summed E-state index contributed by atoms with van der Waals surface area (Å²) in [7, 11) is 0. The molecule has 0 aliphatic heterocycles. The van der Waals surface area contributed by atoms with Crippen LogP contribution in [-0.2, 0) is 0 Å². The molecule has 0 bridgehead atoms. The molecule has 0 atom stereocenters. The molecular weight excluding hydrogens is 295 g/mol. The van der Waals surface area contributed by atoms with E-state index >= 15 is 0 Å². The van der Waals surface area contributed by atoms with Crippen molar-refractivity contribution in [2.75, 3.05) is 0 Å². The van der Waals surface area contributed by atoms with E-state index in [1.807, 2.05) is 0 Å². The SMILES string of the molecule is O=[N+]([O-])c1cc(Cl)cc(Cl)c1Oc1cccc[n+]1[O-]. The largest absolute Gasteiger partial charge is 0.616 e. The van der Waals surface area contributed by atoms with Crippen LogP contribution in [0.15, 0.2) is 36.5 Å². The Morgan fingerprint density at radius 2 is 2.00 bits per heavy atom. The van der Waals surface area contributed by atoms with Crippen molar-refractivity contribution >= 4 is 28.9 Å². The van der Waals surface area contributed by atoms with Crippen LogP contribution in [0.2, 0.25) is 10.0 Å². The first-order chi connectivity index (χ1) is 8.99. The summed E-state index contributed by atoms with van der Waals surface area (Å²) in [6.45, 7) is 0. The summed E-state index contributed by atoms with van der Waals surface area (Å²) in [5.74, 6) is -0.360. The maximum atomic E-state index is 11.4. The third-order valence-corrected chi connectivity index (χ3v) is 2.68. The monoisotopic (exact) mass is 300 g/mol. The highest BCUT2D eigenvalue weighted by atomic mass is 35.5. The van der Waals surface area contributed by atoms with Crippen molar-refractivity contribution in [2.45, 2.75) is 0 Å². The Balaban J connectivity index is 2.51. The van der Waals surface area contributed by atoms with Gasteiger partial charge in [-0.15, -0.1) is 4.73 Å². The van der Waals surface area contributed by atoms with Crippen LogP contribution in [0.1, 0.15) is 0 Å². The lowest BCUT2D eigenvalue weighted by atomic mass is 10.3. The molecule has 0 saturated carbocycles. The van der Waals surface area contributed by atoms with Crippen molar-refractivity contribution in [1.29, 1.82) is 0 Å². The van der Waals surface area contributed by atoms with E-state index in [9.17, 15) is 15.3 Å². The van der Waals surface area contributed by atoms with Crippen LogP contribution in [0.3, 0.4) is 0 Å². The average molecular weight is 301 g/mol. The summed E-state index contributed by atoms with van der Waals surface area (Å²) in [6, 6.07) is 6.81. The number of halogens is 2. The number of pyridine rings is 1. The minimum atomic E-state index is -0.689. The van der Waals surface area contributed by atoms with Gasteiger partial charge in [-0.3, -0.25) is 10.1 Å². The first kappa shape index (κ1) is 13.4. The smallest absolute Gasteiger partial charge is 0.385 e. The van der Waals surface area contributed by atoms with Gasteiger partial charge in [-0.2, -0.15) is 0 Å². The van der Waals surface area contributed by atoms with Crippen LogP contribution >= 0.6 is 23.2 Å². The van der Waals surface area contributed by atoms with Crippen molar-refractivity contribution in [3.63, 3.8) is 0 Å². The Morgan fingerprint density at radius 3 is 2.63 bits per heavy atom. The number of hydrogen-bond acceptors (Lipinski definition) is 4. The normalized spacial score (nSPS) is 10.2. The second-order valence-corrected chi connectivity index (χ2v) is 4.30. The Bertz CT molecular complexity index is 649. The topological polar surface area (TPSA) is 79.3 Å². The zero-order chi connectivity index (χ0) is 14.0. The van der Waals surface area contributed by atoms with Gasteiger partial charge in [0.25, 0.3) is 0 Å². The fraction of sp³-hybridized carbons (Fsp3) is 0. The van der Waals surface area contributed by atoms with Crippen molar-refractivity contribution in [1.82, 2.24) is 0 Å². The van der Waals surface area contributed by atoms with Crippen LogP contribution in [0.4, 0.5) is 5.69 Å². The molecule has 0 amide bonds. The molecular formula is C11H6Cl2N2O4. The summed E-state index contributed by atoms with van der Waals surface area (Å²) >= 11 is 11.5. The van der Waals surface area contributed by atoms with Crippen LogP contribution in [0, 0.1) is 15.3 Å². The van der Waals surface area contributed by atoms with Crippen molar-refractivity contribution in [3.05, 3.63) is 61.9 Å². The van der Waals surface area contributed by atoms with E-state index in [1.54, 1.807) is 6.07 Å². The van der Waals surface area contributed by atoms with E-state index < -0.39 is 10.6 Å². The number of benzene rings is 1. The molecule has 0 fully saturated rings. The van der Waals surface area contributed by atoms with E-state index in [-0.39, 0.29) is 21.7 Å². The van der Waals surface area contributed by atoms with Crippen molar-refractivity contribution in [3.8, 4) is 11.6 Å². The van der Waals surface area contributed by atoms with Crippen LogP contribution in [0.25, 0.3) is 0 Å². The number of rotatable bonds is 3. The summed E-state index contributed by atoms with van der Waals surface area (Å²) in [5, 5.41) is 22.4. The fourth-order valence-electron chi connectivity index (χ4n) is 1.38. The Morgan fingerprint density at radius 1 is 1.26 bits per heavy atom. The first-order valence-corrected chi connectivity index (χ1v) is 5.74. The Kier molecular flexibility index (Phi) is 3.73. The second-order valence-electron chi connectivity index (χ2n) is 3.46. The molecule has 8 heteroatoms. The van der Waals surface area contributed by atoms with Crippen molar-refractivity contribution in [2.24, 2.45) is 0 Å². The molecule has 0 saturated heterocycles. The maximum absolute atomic E-state index is 11.4. The number of nitrogens with zero attached hydrogens (tertiary/aromatic N) is 2. The van der Waals surface area contributed by atoms with Crippen LogP contribution < -0.4 is 9.47 Å². The lowest BCUT2D eigenvalue weighted by Crippen LogP contribution is -2.26. The molecule has 1 aromatic heterocycles. The van der Waals surface area contributed by atoms with Gasteiger partial charge in [-0.05, 0) is 12.1 Å². The molecule has 0 spiro atoms. The highest BCUT2D eigenvalue weighted by molar-refractivity contribution is 6.36. The molecule has 2 aromatic rings. The Hall–Kier alpha value is -2.05. The van der Waals surface area contributed by atoms with Gasteiger partial charge in [0.15, 0.2) is 6.20 Å². The number of hydrogen-bond donors (Lipinski definition) is 0. The molecule has 2 rings (SSSR count). The second kappa shape index (κ2) is 5.29. The molecule has 6 nitrogen and oxygen atoms in total. The minimum absolute atomic E-state index is 0.0527. The van der Waals surface area contributed by atoms with E-state index in [0.29, 0.717) is 4.73 Å². The maximum Gasteiger partial charge on any atom is 0.385 e. The molecule has 0 aliphatic carbocycles. The molecule has 0 aliphatic rings. The van der Waals surface area contributed by atoms with Gasteiger partial charge in [0.1, 0.15) is 0 Å². The van der Waals surface area contributed by atoms with E-state index in [4.69, 9.17) is 27.9 Å². The van der Waals surface area contributed by atoms with E-state index in [2.05, 4.69) is 0 Å². The van der Waals surface area contributed by atoms with Crippen molar-refractivity contribution < 1.29 is 14.4 Å². The third-order valence-electron chi connectivity index (χ3n) is 2.18. The zero-order valence-corrected chi connectivity index (χ0v) is 10.8. The molecule has 1 aromatic carbocycles. The summed E-state index contributed by atoms with van der Waals surface area (Å²) in [5.41, 5.74) is -0.415. The Labute approximate surface area is 117 Å². The number of aromatic nitrogens is 1. The molecule has 1 heterocycles. The molecule has 0 N–H and O–H groups in total. The van der Waals surface area contributed by atoms with Gasteiger partial charge in [0.2, 0.25) is 5.75 Å². The number of nitro benzene ring substituents is 1. The molecule has 19 heavy (non-hydrogen) atoms. The van der Waals surface area contributed by atoms with Gasteiger partial charge >= 0.3 is 11.6 Å². The highest BCUT2D eigenvalue weighted by Gasteiger charge is 2.23. The van der Waals surface area contributed by atoms with Gasteiger partial charge in [0, 0.05) is 17.2 Å². The van der Waals surface area contributed by atoms with Gasteiger partial charge in [0.05, 0.1) is 16.0 Å². The molecule has 0 unspecified atom stereocenters. The molecule has 0 radical (unpaired) electrons. The highest BCUT2D eigenvalue weighted by Crippen LogP contribution is 2.39. The lowest BCUT2D eigenvalue weighted by molar-refractivity contribution is -0.611. The quantitative estimate of drug-likeness (QED) is 0.377. The van der Waals surface area contributed by atoms with Gasteiger partial charge in [-0.1, -0.05) is 23.2 Å². The van der Waals surface area contributed by atoms with Crippen LogP contribution in [0.5, 0.6) is 11.6 Å². The van der Waals surface area contributed by atoms with E-state index in [0.717, 1.165) is 6.07 Å². The van der Waals surface area contributed by atoms with Crippen LogP contribution in [-0.4, -0.2) is 4.92 Å². The zero-order valence-electron chi connectivity index (χ0n) is 9.25. The van der Waals surface area contributed by atoms with Gasteiger partial charge in [-0.25, -0.2) is 0 Å². The lowest BCUT2D eigenvalue weighted by Gasteiger charge is -2.08. The number of nitro groups is 1. The summed E-state index contributed by atoms with van der Waals surface area (Å²) in [6.07, 6.45) is 1.20. The molecule has 98 valence electrons. The fourth-order valence-corrected chi connectivity index (χ4v) is 1.90. The average Bonchev–Trinajstić information content (AvgIpc) is 2.34. The minimum Gasteiger partial charge on any atom is -0.616 e. The number of ether oxygens (including phenoxy) is 1. The van der Waals surface area contributed by atoms with E-state index in [1.165, 1.54) is 24.4 Å². The third kappa shape index (κ3) is 2.86. The standard InChI is InChI=1S/C11H6Cl2N2O4/c12-7-5-8(13)11(9(6-7)15(17)18)19-10-3-1-2-4-14(10)16/h1-6H. The van der Waals surface area contributed by atoms with Gasteiger partial charge < -0.3 is 9.94 Å². The predicted octanol–water partition coefficient (Wildman–Crippen LogP) is 3.33. The first-order valence-electron chi connectivity index (χ1n) is 4.98. The summed E-state index contributed by atoms with van der Waals surface area (Å²) in [4.78, 5) is 10.2. The predicted molar refractivity (Wildman–Crippen MR) is 68.6 cm³/mol.